The monoisotopic (exact) mass is 276 g/mol. The molecule has 0 saturated heterocycles. The van der Waals surface area contributed by atoms with Crippen molar-refractivity contribution in [2.75, 3.05) is 13.7 Å². The lowest BCUT2D eigenvalue weighted by Gasteiger charge is -2.01. The van der Waals surface area contributed by atoms with Crippen molar-refractivity contribution < 1.29 is 14.3 Å². The Morgan fingerprint density at radius 3 is 2.80 bits per heavy atom. The Hall–Kier alpha value is -0.880. The highest BCUT2D eigenvalue weighted by Crippen LogP contribution is 2.22. The summed E-state index contributed by atoms with van der Waals surface area (Å²) >= 11 is 3.31. The van der Waals surface area contributed by atoms with Gasteiger partial charge in [-0.3, -0.25) is 4.68 Å². The maximum absolute atomic E-state index is 11.6. The first-order valence-corrected chi connectivity index (χ1v) is 5.28. The predicted octanol–water partition coefficient (Wildman–Crippen LogP) is 1.51. The van der Waals surface area contributed by atoms with Crippen molar-refractivity contribution in [3.63, 3.8) is 0 Å². The molecule has 0 aliphatic rings. The van der Waals surface area contributed by atoms with Crippen LogP contribution in [0.5, 0.6) is 0 Å². The largest absolute Gasteiger partial charge is 0.461 e. The average molecular weight is 277 g/mol. The van der Waals surface area contributed by atoms with Crippen LogP contribution in [0.15, 0.2) is 4.47 Å². The zero-order valence-electron chi connectivity index (χ0n) is 8.91. The van der Waals surface area contributed by atoms with Gasteiger partial charge in [-0.05, 0) is 22.9 Å². The van der Waals surface area contributed by atoms with Crippen LogP contribution >= 0.6 is 15.9 Å². The standard InChI is InChI=1S/C9H13BrN2O3/c1-4-15-9(13)8-7(10)6(5-14-3)11-12(8)2/h4-5H2,1-3H3. The summed E-state index contributed by atoms with van der Waals surface area (Å²) < 4.78 is 12.0. The molecule has 0 saturated carbocycles. The van der Waals surface area contributed by atoms with Crippen LogP contribution in [0.1, 0.15) is 23.1 Å². The highest BCUT2D eigenvalue weighted by Gasteiger charge is 2.20. The summed E-state index contributed by atoms with van der Waals surface area (Å²) in [5.74, 6) is -0.387. The predicted molar refractivity (Wildman–Crippen MR) is 57.6 cm³/mol. The number of rotatable bonds is 4. The number of esters is 1. The lowest BCUT2D eigenvalue weighted by Crippen LogP contribution is -2.10. The molecule has 0 aromatic carbocycles. The van der Waals surface area contributed by atoms with Gasteiger partial charge in [-0.1, -0.05) is 0 Å². The Morgan fingerprint density at radius 2 is 2.27 bits per heavy atom. The van der Waals surface area contributed by atoms with Crippen molar-refractivity contribution in [3.05, 3.63) is 15.9 Å². The molecular weight excluding hydrogens is 264 g/mol. The van der Waals surface area contributed by atoms with Gasteiger partial charge < -0.3 is 9.47 Å². The van der Waals surface area contributed by atoms with Crippen molar-refractivity contribution in [2.24, 2.45) is 7.05 Å². The molecule has 0 atom stereocenters. The molecule has 15 heavy (non-hydrogen) atoms. The van der Waals surface area contributed by atoms with E-state index in [1.165, 1.54) is 4.68 Å². The smallest absolute Gasteiger partial charge is 0.357 e. The molecular formula is C9H13BrN2O3. The lowest BCUT2D eigenvalue weighted by atomic mass is 10.3. The van der Waals surface area contributed by atoms with Crippen LogP contribution < -0.4 is 0 Å². The van der Waals surface area contributed by atoms with E-state index in [9.17, 15) is 4.79 Å². The summed E-state index contributed by atoms with van der Waals surface area (Å²) in [5, 5.41) is 4.15. The van der Waals surface area contributed by atoms with Crippen LogP contribution in [0.2, 0.25) is 0 Å². The second-order valence-corrected chi connectivity index (χ2v) is 3.68. The summed E-state index contributed by atoms with van der Waals surface area (Å²) in [6.07, 6.45) is 0. The van der Waals surface area contributed by atoms with Crippen LogP contribution in [-0.4, -0.2) is 29.5 Å². The number of hydrogen-bond acceptors (Lipinski definition) is 4. The van der Waals surface area contributed by atoms with E-state index in [0.29, 0.717) is 29.1 Å². The van der Waals surface area contributed by atoms with Crippen LogP contribution in [-0.2, 0) is 23.1 Å². The van der Waals surface area contributed by atoms with E-state index in [0.717, 1.165) is 0 Å². The molecule has 84 valence electrons. The maximum atomic E-state index is 11.6. The number of aryl methyl sites for hydroxylation is 1. The first kappa shape index (κ1) is 12.2. The number of methoxy groups -OCH3 is 1. The molecule has 0 aliphatic heterocycles. The van der Waals surface area contributed by atoms with Crippen LogP contribution in [0.3, 0.4) is 0 Å². The van der Waals surface area contributed by atoms with Crippen molar-refractivity contribution in [3.8, 4) is 0 Å². The SMILES string of the molecule is CCOC(=O)c1c(Br)c(COC)nn1C. The number of halogens is 1. The zero-order chi connectivity index (χ0) is 11.4. The number of hydrogen-bond donors (Lipinski definition) is 0. The summed E-state index contributed by atoms with van der Waals surface area (Å²) in [6.45, 7) is 2.46. The number of aromatic nitrogens is 2. The Labute approximate surface area is 96.5 Å². The van der Waals surface area contributed by atoms with Crippen molar-refractivity contribution >= 4 is 21.9 Å². The first-order chi connectivity index (χ1) is 7.11. The van der Waals surface area contributed by atoms with Gasteiger partial charge in [0.05, 0.1) is 17.7 Å². The minimum absolute atomic E-state index is 0.343. The van der Waals surface area contributed by atoms with E-state index in [2.05, 4.69) is 21.0 Å². The van der Waals surface area contributed by atoms with Gasteiger partial charge in [0.2, 0.25) is 0 Å². The molecule has 0 unspecified atom stereocenters. The van der Waals surface area contributed by atoms with E-state index in [1.54, 1.807) is 21.1 Å². The van der Waals surface area contributed by atoms with Crippen molar-refractivity contribution in [1.29, 1.82) is 0 Å². The quantitative estimate of drug-likeness (QED) is 0.783. The number of carbonyl (C=O) groups is 1. The van der Waals surface area contributed by atoms with Crippen LogP contribution in [0.4, 0.5) is 0 Å². The van der Waals surface area contributed by atoms with E-state index >= 15 is 0 Å². The zero-order valence-corrected chi connectivity index (χ0v) is 10.5. The maximum Gasteiger partial charge on any atom is 0.357 e. The van der Waals surface area contributed by atoms with Gasteiger partial charge in [-0.25, -0.2) is 4.79 Å². The molecule has 1 rings (SSSR count). The fourth-order valence-corrected chi connectivity index (χ4v) is 1.82. The molecule has 1 heterocycles. The molecule has 6 heteroatoms. The Balaban J connectivity index is 3.02. The second-order valence-electron chi connectivity index (χ2n) is 2.89. The third kappa shape index (κ3) is 2.57. The van der Waals surface area contributed by atoms with Gasteiger partial charge in [-0.2, -0.15) is 5.10 Å². The highest BCUT2D eigenvalue weighted by atomic mass is 79.9. The topological polar surface area (TPSA) is 53.4 Å². The minimum Gasteiger partial charge on any atom is -0.461 e. The molecule has 0 N–H and O–H groups in total. The van der Waals surface area contributed by atoms with Gasteiger partial charge in [0.25, 0.3) is 0 Å². The average Bonchev–Trinajstić information content (AvgIpc) is 2.43. The number of ether oxygens (including phenoxy) is 2. The third-order valence-corrected chi connectivity index (χ3v) is 2.64. The van der Waals surface area contributed by atoms with Gasteiger partial charge in [-0.15, -0.1) is 0 Å². The molecule has 0 bridgehead atoms. The molecule has 0 fully saturated rings. The minimum atomic E-state index is -0.387. The molecule has 1 aromatic rings. The fourth-order valence-electron chi connectivity index (χ4n) is 1.20. The molecule has 0 amide bonds. The van der Waals surface area contributed by atoms with Gasteiger partial charge in [0.1, 0.15) is 5.69 Å². The van der Waals surface area contributed by atoms with Gasteiger partial charge >= 0.3 is 5.97 Å². The lowest BCUT2D eigenvalue weighted by molar-refractivity contribution is 0.0512. The summed E-state index contributed by atoms with van der Waals surface area (Å²) in [4.78, 5) is 11.6. The van der Waals surface area contributed by atoms with Gasteiger partial charge in [0, 0.05) is 14.2 Å². The first-order valence-electron chi connectivity index (χ1n) is 4.49. The van der Waals surface area contributed by atoms with E-state index in [4.69, 9.17) is 9.47 Å². The molecule has 0 radical (unpaired) electrons. The normalized spacial score (nSPS) is 10.4. The third-order valence-electron chi connectivity index (χ3n) is 1.81. The summed E-state index contributed by atoms with van der Waals surface area (Å²) in [5.41, 5.74) is 1.09. The van der Waals surface area contributed by atoms with E-state index < -0.39 is 0 Å². The fraction of sp³-hybridized carbons (Fsp3) is 0.556. The molecule has 0 spiro atoms. The Bertz CT molecular complexity index is 362. The molecule has 0 aliphatic carbocycles. The molecule has 1 aromatic heterocycles. The van der Waals surface area contributed by atoms with Crippen LogP contribution in [0, 0.1) is 0 Å². The van der Waals surface area contributed by atoms with Gasteiger partial charge in [0.15, 0.2) is 5.69 Å². The summed E-state index contributed by atoms with van der Waals surface area (Å²) in [6, 6.07) is 0. The second kappa shape index (κ2) is 5.27. The number of nitrogens with zero attached hydrogens (tertiary/aromatic N) is 2. The van der Waals surface area contributed by atoms with Crippen molar-refractivity contribution in [1.82, 2.24) is 9.78 Å². The van der Waals surface area contributed by atoms with Crippen molar-refractivity contribution in [2.45, 2.75) is 13.5 Å². The van der Waals surface area contributed by atoms with E-state index in [-0.39, 0.29) is 5.97 Å². The molecule has 5 nitrogen and oxygen atoms in total. The Kier molecular flexibility index (Phi) is 4.28. The Morgan fingerprint density at radius 1 is 1.60 bits per heavy atom. The summed E-state index contributed by atoms with van der Waals surface area (Å²) in [7, 11) is 3.27. The van der Waals surface area contributed by atoms with E-state index in [1.807, 2.05) is 0 Å². The number of carbonyl (C=O) groups excluding carboxylic acids is 1. The highest BCUT2D eigenvalue weighted by molar-refractivity contribution is 9.10. The van der Waals surface area contributed by atoms with Crippen LogP contribution in [0.25, 0.3) is 0 Å².